The summed E-state index contributed by atoms with van der Waals surface area (Å²) in [6, 6.07) is 10.9. The van der Waals surface area contributed by atoms with Crippen LogP contribution in [-0.4, -0.2) is 24.0 Å². The highest BCUT2D eigenvalue weighted by Gasteiger charge is 2.17. The first-order valence-corrected chi connectivity index (χ1v) is 9.72. The van der Waals surface area contributed by atoms with Gasteiger partial charge in [-0.3, -0.25) is 4.99 Å². The van der Waals surface area contributed by atoms with Crippen molar-refractivity contribution in [3.63, 3.8) is 0 Å². The van der Waals surface area contributed by atoms with Crippen molar-refractivity contribution in [2.24, 2.45) is 4.99 Å². The molecule has 2 rings (SSSR count). The van der Waals surface area contributed by atoms with E-state index < -0.39 is 0 Å². The molecule has 0 aliphatic rings. The highest BCUT2D eigenvalue weighted by molar-refractivity contribution is 7.09. The number of hydrogen-bond donors (Lipinski definition) is 2. The fraction of sp³-hybridized carbons (Fsp3) is 0.500. The predicted molar refractivity (Wildman–Crippen MR) is 108 cm³/mol. The first-order valence-electron chi connectivity index (χ1n) is 8.84. The third-order valence-corrected chi connectivity index (χ3v) is 4.89. The van der Waals surface area contributed by atoms with Gasteiger partial charge in [-0.15, -0.1) is 11.3 Å². The van der Waals surface area contributed by atoms with Gasteiger partial charge in [-0.05, 0) is 25.3 Å². The Bertz CT molecular complexity index is 671. The van der Waals surface area contributed by atoms with Crippen LogP contribution in [0.5, 0.6) is 0 Å². The van der Waals surface area contributed by atoms with Crippen LogP contribution in [0.1, 0.15) is 50.4 Å². The summed E-state index contributed by atoms with van der Waals surface area (Å²) in [4.78, 5) is 9.04. The third kappa shape index (κ3) is 6.50. The first-order chi connectivity index (χ1) is 11.9. The summed E-state index contributed by atoms with van der Waals surface area (Å²) in [5, 5.41) is 10.1. The van der Waals surface area contributed by atoms with Crippen molar-refractivity contribution in [1.82, 2.24) is 15.6 Å². The van der Waals surface area contributed by atoms with Crippen LogP contribution < -0.4 is 10.6 Å². The highest BCUT2D eigenvalue weighted by atomic mass is 32.1. The Balaban J connectivity index is 1.79. The van der Waals surface area contributed by atoms with Gasteiger partial charge in [0.1, 0.15) is 5.01 Å². The molecule has 2 aromatic rings. The van der Waals surface area contributed by atoms with E-state index in [0.29, 0.717) is 12.6 Å². The summed E-state index contributed by atoms with van der Waals surface area (Å²) < 4.78 is 0. The van der Waals surface area contributed by atoms with Crippen LogP contribution in [0.4, 0.5) is 0 Å². The molecule has 0 saturated carbocycles. The molecule has 1 unspecified atom stereocenters. The Hall–Kier alpha value is -1.88. The molecule has 0 bridgehead atoms. The van der Waals surface area contributed by atoms with E-state index in [1.165, 1.54) is 5.56 Å². The molecular formula is C20H30N4S. The normalized spacial score (nSPS) is 13.6. The molecule has 0 aliphatic heterocycles. The summed E-state index contributed by atoms with van der Waals surface area (Å²) in [6.07, 6.45) is 2.13. The van der Waals surface area contributed by atoms with Crippen LogP contribution in [0.3, 0.4) is 0 Å². The van der Waals surface area contributed by atoms with Gasteiger partial charge in [0.2, 0.25) is 0 Å². The van der Waals surface area contributed by atoms with Gasteiger partial charge >= 0.3 is 0 Å². The lowest BCUT2D eigenvalue weighted by atomic mass is 9.93. The zero-order chi connectivity index (χ0) is 18.3. The minimum Gasteiger partial charge on any atom is -0.354 e. The van der Waals surface area contributed by atoms with Crippen molar-refractivity contribution in [3.8, 4) is 0 Å². The summed E-state index contributed by atoms with van der Waals surface area (Å²) >= 11 is 1.70. The van der Waals surface area contributed by atoms with E-state index in [1.54, 1.807) is 11.3 Å². The van der Waals surface area contributed by atoms with Gasteiger partial charge in [0.05, 0.1) is 12.2 Å². The van der Waals surface area contributed by atoms with E-state index >= 15 is 0 Å². The maximum absolute atomic E-state index is 4.72. The number of aryl methyl sites for hydroxylation is 1. The lowest BCUT2D eigenvalue weighted by Crippen LogP contribution is -2.42. The van der Waals surface area contributed by atoms with Crippen molar-refractivity contribution in [2.45, 2.75) is 58.5 Å². The second kappa shape index (κ2) is 8.99. The Morgan fingerprint density at radius 2 is 1.96 bits per heavy atom. The molecule has 25 heavy (non-hydrogen) atoms. The maximum atomic E-state index is 4.72. The van der Waals surface area contributed by atoms with Crippen LogP contribution in [0, 0.1) is 0 Å². The molecule has 0 aliphatic carbocycles. The average Bonchev–Trinajstić information content (AvgIpc) is 3.07. The van der Waals surface area contributed by atoms with Crippen LogP contribution in [-0.2, 0) is 18.4 Å². The van der Waals surface area contributed by atoms with Crippen LogP contribution in [0.2, 0.25) is 0 Å². The molecule has 4 nitrogen and oxygen atoms in total. The largest absolute Gasteiger partial charge is 0.354 e. The van der Waals surface area contributed by atoms with Gasteiger partial charge in [-0.25, -0.2) is 4.98 Å². The van der Waals surface area contributed by atoms with Crippen LogP contribution in [0.15, 0.2) is 40.7 Å². The van der Waals surface area contributed by atoms with Crippen LogP contribution in [0.25, 0.3) is 0 Å². The Kier molecular flexibility index (Phi) is 7.00. The number of aromatic nitrogens is 1. The molecule has 1 heterocycles. The fourth-order valence-electron chi connectivity index (χ4n) is 2.42. The molecule has 0 saturated heterocycles. The number of rotatable bonds is 6. The highest BCUT2D eigenvalue weighted by Crippen LogP contribution is 2.23. The second-order valence-electron chi connectivity index (χ2n) is 7.37. The maximum Gasteiger partial charge on any atom is 0.191 e. The van der Waals surface area contributed by atoms with E-state index in [4.69, 9.17) is 4.98 Å². The number of hydrogen-bond acceptors (Lipinski definition) is 3. The Morgan fingerprint density at radius 1 is 1.24 bits per heavy atom. The number of nitrogens with one attached hydrogen (secondary N) is 2. The summed E-state index contributed by atoms with van der Waals surface area (Å²) in [5.41, 5.74) is 2.62. The van der Waals surface area contributed by atoms with E-state index in [2.05, 4.69) is 79.0 Å². The lowest BCUT2D eigenvalue weighted by molar-refractivity contribution is 0.569. The van der Waals surface area contributed by atoms with E-state index in [0.717, 1.165) is 29.5 Å². The van der Waals surface area contributed by atoms with Crippen molar-refractivity contribution >= 4 is 17.3 Å². The lowest BCUT2D eigenvalue weighted by Gasteiger charge is -2.17. The van der Waals surface area contributed by atoms with Gasteiger partial charge in [-0.2, -0.15) is 0 Å². The molecular weight excluding hydrogens is 328 g/mol. The van der Waals surface area contributed by atoms with Gasteiger partial charge in [0.25, 0.3) is 0 Å². The number of benzene rings is 1. The Morgan fingerprint density at radius 3 is 2.56 bits per heavy atom. The topological polar surface area (TPSA) is 49.3 Å². The molecule has 2 N–H and O–H groups in total. The monoisotopic (exact) mass is 358 g/mol. The van der Waals surface area contributed by atoms with Gasteiger partial charge in [-0.1, -0.05) is 51.1 Å². The van der Waals surface area contributed by atoms with Crippen molar-refractivity contribution in [3.05, 3.63) is 52.0 Å². The number of aliphatic imine (C=N–C) groups is 1. The molecule has 1 aromatic carbocycles. The standard InChI is InChI=1S/C20H30N4S/c1-15(11-12-16-9-7-6-8-10-16)23-19(21-5)22-13-18-24-17(14-25-18)20(2,3)4/h6-10,14-15H,11-13H2,1-5H3,(H2,21,22,23). The minimum absolute atomic E-state index is 0.0978. The molecule has 136 valence electrons. The van der Waals surface area contributed by atoms with Crippen LogP contribution >= 0.6 is 11.3 Å². The predicted octanol–water partition coefficient (Wildman–Crippen LogP) is 4.13. The van der Waals surface area contributed by atoms with E-state index in [1.807, 2.05) is 7.05 Å². The molecule has 0 radical (unpaired) electrons. The second-order valence-corrected chi connectivity index (χ2v) is 8.31. The van der Waals surface area contributed by atoms with Crippen molar-refractivity contribution in [2.75, 3.05) is 7.05 Å². The summed E-state index contributed by atoms with van der Waals surface area (Å²) in [5.74, 6) is 0.827. The number of nitrogens with zero attached hydrogens (tertiary/aromatic N) is 2. The molecule has 0 amide bonds. The van der Waals surface area contributed by atoms with Gasteiger partial charge in [0, 0.05) is 23.9 Å². The fourth-order valence-corrected chi connectivity index (χ4v) is 3.38. The minimum atomic E-state index is 0.0978. The first kappa shape index (κ1) is 19.4. The summed E-state index contributed by atoms with van der Waals surface area (Å²) in [7, 11) is 1.81. The molecule has 1 atom stereocenters. The molecule has 0 fully saturated rings. The van der Waals surface area contributed by atoms with Crippen molar-refractivity contribution in [1.29, 1.82) is 0 Å². The average molecular weight is 359 g/mol. The van der Waals surface area contributed by atoms with Crippen molar-refractivity contribution < 1.29 is 0 Å². The van der Waals surface area contributed by atoms with E-state index in [9.17, 15) is 0 Å². The number of guanidine groups is 1. The Labute approximate surface area is 155 Å². The zero-order valence-corrected chi connectivity index (χ0v) is 16.8. The molecule has 1 aromatic heterocycles. The van der Waals surface area contributed by atoms with Gasteiger partial charge in [0.15, 0.2) is 5.96 Å². The van der Waals surface area contributed by atoms with E-state index in [-0.39, 0.29) is 5.41 Å². The molecule has 0 spiro atoms. The SMILES string of the molecule is CN=C(NCc1nc(C(C)(C)C)cs1)NC(C)CCc1ccccc1. The zero-order valence-electron chi connectivity index (χ0n) is 16.0. The third-order valence-electron chi connectivity index (χ3n) is 4.04. The quantitative estimate of drug-likeness (QED) is 0.603. The number of thiazole rings is 1. The smallest absolute Gasteiger partial charge is 0.191 e. The molecule has 5 heteroatoms. The summed E-state index contributed by atoms with van der Waals surface area (Å²) in [6.45, 7) is 9.46. The van der Waals surface area contributed by atoms with Gasteiger partial charge < -0.3 is 10.6 Å².